The Hall–Kier alpha value is -4.02. The Balaban J connectivity index is 1.45. The lowest BCUT2D eigenvalue weighted by Crippen LogP contribution is -2.18. The first-order chi connectivity index (χ1) is 16.0. The lowest BCUT2D eigenvalue weighted by atomic mass is 10.3. The molecule has 33 heavy (non-hydrogen) atoms. The van der Waals surface area contributed by atoms with E-state index in [0.29, 0.717) is 38.5 Å². The molecule has 0 spiro atoms. The van der Waals surface area contributed by atoms with Crippen LogP contribution in [0, 0.1) is 4.77 Å². The summed E-state index contributed by atoms with van der Waals surface area (Å²) in [4.78, 5) is 20.4. The van der Waals surface area contributed by atoms with E-state index in [0.717, 1.165) is 5.69 Å². The molecule has 0 saturated carbocycles. The standard InChI is InChI=1S/C22H16ClN7O2S/c1-24-21(31)17-11-16(6-8-25-17)32-15-4-2-14(3-5-15)30-20(27-28-22(30)33)18-12-29-9-7-13(23)10-19(29)26-18/h2-12H,1H3,(H,24,31)(H,28,33). The van der Waals surface area contributed by atoms with Crippen LogP contribution in [0.4, 0.5) is 0 Å². The van der Waals surface area contributed by atoms with Crippen LogP contribution >= 0.6 is 23.8 Å². The summed E-state index contributed by atoms with van der Waals surface area (Å²) >= 11 is 11.5. The molecule has 9 nitrogen and oxygen atoms in total. The number of rotatable bonds is 5. The highest BCUT2D eigenvalue weighted by molar-refractivity contribution is 7.71. The van der Waals surface area contributed by atoms with Crippen molar-refractivity contribution in [3.8, 4) is 28.7 Å². The molecule has 0 aliphatic heterocycles. The molecule has 0 fully saturated rings. The molecule has 164 valence electrons. The van der Waals surface area contributed by atoms with Gasteiger partial charge in [0.2, 0.25) is 0 Å². The molecule has 0 aliphatic carbocycles. The van der Waals surface area contributed by atoms with Crippen molar-refractivity contribution in [2.45, 2.75) is 0 Å². The predicted molar refractivity (Wildman–Crippen MR) is 126 cm³/mol. The van der Waals surface area contributed by atoms with Crippen molar-refractivity contribution in [1.82, 2.24) is 34.4 Å². The van der Waals surface area contributed by atoms with E-state index in [2.05, 4.69) is 25.5 Å². The number of imidazole rings is 1. The number of ether oxygens (including phenoxy) is 1. The third-order valence-corrected chi connectivity index (χ3v) is 5.35. The summed E-state index contributed by atoms with van der Waals surface area (Å²) in [7, 11) is 1.55. The second-order valence-corrected chi connectivity index (χ2v) is 7.80. The SMILES string of the molecule is CNC(=O)c1cc(Oc2ccc(-n3c(-c4cn5ccc(Cl)cc5n4)n[nH]c3=S)cc2)ccn1. The fourth-order valence-corrected chi connectivity index (χ4v) is 3.69. The number of amides is 1. The van der Waals surface area contributed by atoms with Crippen LogP contribution in [-0.2, 0) is 0 Å². The zero-order valence-corrected chi connectivity index (χ0v) is 18.8. The van der Waals surface area contributed by atoms with Gasteiger partial charge in [-0.1, -0.05) is 11.6 Å². The summed E-state index contributed by atoms with van der Waals surface area (Å²) in [6.07, 6.45) is 5.21. The smallest absolute Gasteiger partial charge is 0.269 e. The van der Waals surface area contributed by atoms with E-state index < -0.39 is 0 Å². The molecule has 5 rings (SSSR count). The van der Waals surface area contributed by atoms with Gasteiger partial charge >= 0.3 is 0 Å². The topological polar surface area (TPSA) is 102 Å². The molecule has 11 heteroatoms. The zero-order valence-electron chi connectivity index (χ0n) is 17.2. The Labute approximate surface area is 197 Å². The van der Waals surface area contributed by atoms with Gasteiger partial charge in [0.25, 0.3) is 5.91 Å². The van der Waals surface area contributed by atoms with Crippen molar-refractivity contribution < 1.29 is 9.53 Å². The van der Waals surface area contributed by atoms with Crippen LogP contribution < -0.4 is 10.1 Å². The fourth-order valence-electron chi connectivity index (χ4n) is 3.30. The molecular weight excluding hydrogens is 462 g/mol. The number of nitrogens with zero attached hydrogens (tertiary/aromatic N) is 5. The molecule has 0 saturated heterocycles. The van der Waals surface area contributed by atoms with Gasteiger partial charge in [-0.15, -0.1) is 0 Å². The number of aromatic nitrogens is 6. The highest BCUT2D eigenvalue weighted by atomic mass is 35.5. The number of fused-ring (bicyclic) bond motifs is 1. The number of H-pyrrole nitrogens is 1. The van der Waals surface area contributed by atoms with E-state index in [-0.39, 0.29) is 11.6 Å². The third kappa shape index (κ3) is 4.09. The molecule has 0 unspecified atom stereocenters. The van der Waals surface area contributed by atoms with E-state index in [1.54, 1.807) is 48.0 Å². The predicted octanol–water partition coefficient (Wildman–Crippen LogP) is 4.44. The summed E-state index contributed by atoms with van der Waals surface area (Å²) in [6, 6.07) is 14.1. The lowest BCUT2D eigenvalue weighted by Gasteiger charge is -2.09. The van der Waals surface area contributed by atoms with Crippen LogP contribution in [0.15, 0.2) is 67.1 Å². The molecule has 4 aromatic heterocycles. The average Bonchev–Trinajstić information content (AvgIpc) is 3.42. The molecule has 2 N–H and O–H groups in total. The van der Waals surface area contributed by atoms with Gasteiger partial charge in [0.15, 0.2) is 10.6 Å². The lowest BCUT2D eigenvalue weighted by molar-refractivity contribution is 0.0958. The van der Waals surface area contributed by atoms with Crippen LogP contribution in [-0.4, -0.2) is 42.1 Å². The Morgan fingerprint density at radius 3 is 2.76 bits per heavy atom. The van der Waals surface area contributed by atoms with Gasteiger partial charge in [0.05, 0.1) is 5.69 Å². The molecule has 5 aromatic rings. The first kappa shape index (κ1) is 20.9. The summed E-state index contributed by atoms with van der Waals surface area (Å²) in [6.45, 7) is 0. The van der Waals surface area contributed by atoms with Gasteiger partial charge in [-0.2, -0.15) is 5.10 Å². The van der Waals surface area contributed by atoms with E-state index in [1.165, 1.54) is 6.20 Å². The van der Waals surface area contributed by atoms with Gasteiger partial charge in [-0.05, 0) is 48.6 Å². The highest BCUT2D eigenvalue weighted by Gasteiger charge is 2.15. The van der Waals surface area contributed by atoms with Crippen molar-refractivity contribution in [1.29, 1.82) is 0 Å². The van der Waals surface area contributed by atoms with Crippen LogP contribution in [0.2, 0.25) is 5.02 Å². The quantitative estimate of drug-likeness (QED) is 0.363. The Morgan fingerprint density at radius 2 is 1.97 bits per heavy atom. The molecule has 1 amide bonds. The second kappa shape index (κ2) is 8.49. The number of carbonyl (C=O) groups excluding carboxylic acids is 1. The minimum Gasteiger partial charge on any atom is -0.457 e. The van der Waals surface area contributed by atoms with Crippen molar-refractivity contribution in [2.24, 2.45) is 0 Å². The summed E-state index contributed by atoms with van der Waals surface area (Å²) < 4.78 is 9.96. The molecule has 0 bridgehead atoms. The number of nitrogens with one attached hydrogen (secondary N) is 2. The Bertz CT molecular complexity index is 1540. The minimum absolute atomic E-state index is 0.273. The monoisotopic (exact) mass is 477 g/mol. The van der Waals surface area contributed by atoms with Crippen LogP contribution in [0.25, 0.3) is 22.9 Å². The average molecular weight is 478 g/mol. The summed E-state index contributed by atoms with van der Waals surface area (Å²) in [5.74, 6) is 1.37. The van der Waals surface area contributed by atoms with Crippen molar-refractivity contribution in [3.05, 3.63) is 82.6 Å². The maximum atomic E-state index is 11.8. The first-order valence-electron chi connectivity index (χ1n) is 9.80. The molecule has 0 radical (unpaired) electrons. The fraction of sp³-hybridized carbons (Fsp3) is 0.0455. The van der Waals surface area contributed by atoms with Crippen molar-refractivity contribution >= 4 is 35.4 Å². The van der Waals surface area contributed by atoms with Gasteiger partial charge in [-0.25, -0.2) is 4.98 Å². The normalized spacial score (nSPS) is 11.0. The van der Waals surface area contributed by atoms with E-state index in [1.807, 2.05) is 28.9 Å². The molecular formula is C22H16ClN7O2S. The van der Waals surface area contributed by atoms with Crippen LogP contribution in [0.5, 0.6) is 11.5 Å². The largest absolute Gasteiger partial charge is 0.457 e. The first-order valence-corrected chi connectivity index (χ1v) is 10.6. The van der Waals surface area contributed by atoms with Gasteiger partial charge < -0.3 is 14.5 Å². The Morgan fingerprint density at radius 1 is 1.15 bits per heavy atom. The van der Waals surface area contributed by atoms with Gasteiger partial charge in [0.1, 0.15) is 28.5 Å². The minimum atomic E-state index is -0.285. The number of pyridine rings is 2. The van der Waals surface area contributed by atoms with E-state index in [9.17, 15) is 4.79 Å². The zero-order chi connectivity index (χ0) is 22.9. The molecule has 1 aromatic carbocycles. The second-order valence-electron chi connectivity index (χ2n) is 6.98. The highest BCUT2D eigenvalue weighted by Crippen LogP contribution is 2.26. The van der Waals surface area contributed by atoms with Gasteiger partial charge in [-0.3, -0.25) is 19.4 Å². The summed E-state index contributed by atoms with van der Waals surface area (Å²) in [5, 5.41) is 10.3. The van der Waals surface area contributed by atoms with E-state index >= 15 is 0 Å². The number of aromatic amines is 1. The summed E-state index contributed by atoms with van der Waals surface area (Å²) in [5.41, 5.74) is 2.40. The molecule has 0 aliphatic rings. The maximum absolute atomic E-state index is 11.8. The maximum Gasteiger partial charge on any atom is 0.269 e. The van der Waals surface area contributed by atoms with Crippen molar-refractivity contribution in [2.75, 3.05) is 7.05 Å². The van der Waals surface area contributed by atoms with E-state index in [4.69, 9.17) is 28.6 Å². The van der Waals surface area contributed by atoms with Crippen LogP contribution in [0.3, 0.4) is 0 Å². The number of hydrogen-bond acceptors (Lipinski definition) is 6. The number of hydrogen-bond donors (Lipinski definition) is 2. The van der Waals surface area contributed by atoms with Crippen LogP contribution in [0.1, 0.15) is 10.5 Å². The number of benzene rings is 1. The number of halogens is 1. The Kier molecular flexibility index (Phi) is 5.37. The van der Waals surface area contributed by atoms with Gasteiger partial charge in [0, 0.05) is 42.8 Å². The number of carbonyl (C=O) groups is 1. The van der Waals surface area contributed by atoms with Crippen molar-refractivity contribution in [3.63, 3.8) is 0 Å². The third-order valence-electron chi connectivity index (χ3n) is 4.85. The molecule has 0 atom stereocenters. The molecule has 4 heterocycles.